The molecule has 3 nitrogen and oxygen atoms in total. The van der Waals surface area contributed by atoms with Gasteiger partial charge in [-0.2, -0.15) is 0 Å². The Morgan fingerprint density at radius 1 is 1.43 bits per heavy atom. The minimum atomic E-state index is -3.13. The summed E-state index contributed by atoms with van der Waals surface area (Å²) in [6.07, 6.45) is 0. The molecule has 0 fully saturated rings. The quantitative estimate of drug-likeness (QED) is 0.299. The van der Waals surface area contributed by atoms with Crippen molar-refractivity contribution in [3.63, 3.8) is 0 Å². The fraction of sp³-hybridized carbons (Fsp3) is 0. The number of hydrogen-bond donors (Lipinski definition) is 2. The van der Waals surface area contributed by atoms with Gasteiger partial charge >= 0.3 is 44.7 Å². The van der Waals surface area contributed by atoms with Gasteiger partial charge in [0.15, 0.2) is 0 Å². The molecule has 0 heterocycles. The maximum atomic E-state index is 8.74. The number of rotatable bonds is 0. The molecule has 0 saturated heterocycles. The molecule has 0 aromatic heterocycles. The standard InChI is InChI=1S/Al.GeH4.Li.H3O3P.3H/c;;;1-4(2)3;;;/h;1H4;;4H,(H2,1,2,3);;;/q;;+1;;;;-1. The zero-order valence-corrected chi connectivity index (χ0v) is 6.80. The van der Waals surface area contributed by atoms with Crippen LogP contribution < -0.4 is 18.9 Å². The molecule has 7 heavy (non-hydrogen) atoms. The van der Waals surface area contributed by atoms with Gasteiger partial charge in [0.05, 0.1) is 0 Å². The minimum Gasteiger partial charge on any atom is -1.00 e. The molecule has 0 aliphatic carbocycles. The van der Waals surface area contributed by atoms with Crippen molar-refractivity contribution in [3.8, 4) is 0 Å². The van der Waals surface area contributed by atoms with E-state index in [1.54, 1.807) is 0 Å². The van der Waals surface area contributed by atoms with E-state index in [-0.39, 0.29) is 55.2 Å². The van der Waals surface area contributed by atoms with Crippen molar-refractivity contribution in [2.75, 3.05) is 0 Å². The van der Waals surface area contributed by atoms with E-state index in [0.717, 1.165) is 0 Å². The summed E-state index contributed by atoms with van der Waals surface area (Å²) in [6, 6.07) is 0. The Balaban J connectivity index is -0.00000000750. The van der Waals surface area contributed by atoms with E-state index >= 15 is 0 Å². The third-order valence-electron chi connectivity index (χ3n) is 0. The molecule has 0 aromatic rings. The third-order valence-corrected chi connectivity index (χ3v) is 0. The van der Waals surface area contributed by atoms with Gasteiger partial charge in [0.2, 0.25) is 0 Å². The van der Waals surface area contributed by atoms with Crippen LogP contribution in [0.15, 0.2) is 0 Å². The van der Waals surface area contributed by atoms with E-state index in [1.165, 1.54) is 0 Å². The second-order valence-corrected chi connectivity index (χ2v) is 0.848. The summed E-state index contributed by atoms with van der Waals surface area (Å²) >= 11 is 0. The van der Waals surface area contributed by atoms with Gasteiger partial charge in [0.25, 0.3) is 0 Å². The molecule has 0 spiro atoms. The molecule has 7 heteroatoms. The Hall–Kier alpha value is 1.82. The van der Waals surface area contributed by atoms with Crippen LogP contribution in [0, 0.1) is 0 Å². The molecule has 0 bridgehead atoms. The first-order valence-electron chi connectivity index (χ1n) is 0.651. The summed E-state index contributed by atoms with van der Waals surface area (Å²) in [5, 5.41) is 0. The first kappa shape index (κ1) is 23.2. The predicted octanol–water partition coefficient (Wildman–Crippen LogP) is -5.89. The van der Waals surface area contributed by atoms with E-state index in [9.17, 15) is 0 Å². The first-order valence-corrected chi connectivity index (χ1v) is 1.95. The molecule has 0 amide bonds. The monoisotopic (exact) mass is 197 g/mol. The van der Waals surface area contributed by atoms with Crippen molar-refractivity contribution in [1.29, 1.82) is 0 Å². The van der Waals surface area contributed by atoms with Crippen LogP contribution in [-0.4, -0.2) is 44.7 Å². The van der Waals surface area contributed by atoms with Gasteiger partial charge in [-0.3, -0.25) is 4.57 Å². The fourth-order valence-electron chi connectivity index (χ4n) is 0. The minimum absolute atomic E-state index is 0. The van der Waals surface area contributed by atoms with Crippen LogP contribution in [0.25, 0.3) is 0 Å². The molecular weight excluding hydrogens is 186 g/mol. The van der Waals surface area contributed by atoms with Gasteiger partial charge in [-0.1, -0.05) is 0 Å². The molecule has 0 aromatic carbocycles. The molecule has 1 radical (unpaired) electrons. The van der Waals surface area contributed by atoms with E-state index in [2.05, 4.69) is 0 Å². The van der Waals surface area contributed by atoms with Crippen molar-refractivity contribution in [2.24, 2.45) is 0 Å². The van der Waals surface area contributed by atoms with Crippen LogP contribution in [0.1, 0.15) is 1.43 Å². The molecule has 0 unspecified atom stereocenters. The smallest absolute Gasteiger partial charge is 1.00 e. The predicted molar refractivity (Wildman–Crippen MR) is 34.4 cm³/mol. The van der Waals surface area contributed by atoms with Gasteiger partial charge in [-0.05, 0) is 0 Å². The van der Waals surface area contributed by atoms with Crippen LogP contribution in [0.3, 0.4) is 0 Å². The van der Waals surface area contributed by atoms with Crippen molar-refractivity contribution in [2.45, 2.75) is 0 Å². The molecular formula is H10AlGeLiO3P. The molecule has 0 aliphatic heterocycles. The van der Waals surface area contributed by atoms with E-state index in [0.29, 0.717) is 0 Å². The zero-order chi connectivity index (χ0) is 3.58. The van der Waals surface area contributed by atoms with Crippen LogP contribution in [-0.2, 0) is 4.57 Å². The average Bonchev–Trinajstić information content (AvgIpc) is 0.811. The second-order valence-electron chi connectivity index (χ2n) is 0.283. The van der Waals surface area contributed by atoms with Crippen LogP contribution in [0.5, 0.6) is 0 Å². The summed E-state index contributed by atoms with van der Waals surface area (Å²) in [5.41, 5.74) is 0. The van der Waals surface area contributed by atoms with E-state index < -0.39 is 8.25 Å². The second kappa shape index (κ2) is 15.7. The van der Waals surface area contributed by atoms with Crippen molar-refractivity contribution < 1.29 is 34.6 Å². The van der Waals surface area contributed by atoms with Gasteiger partial charge in [0.1, 0.15) is 17.4 Å². The van der Waals surface area contributed by atoms with Crippen molar-refractivity contribution >= 4 is 43.2 Å². The largest absolute Gasteiger partial charge is 1.00 e. The van der Waals surface area contributed by atoms with Crippen LogP contribution >= 0.6 is 8.25 Å². The topological polar surface area (TPSA) is 57.5 Å². The Kier molecular flexibility index (Phi) is 51.9. The normalized spacial score (nSPS) is 5.00. The summed E-state index contributed by atoms with van der Waals surface area (Å²) in [5.74, 6) is 0. The molecule has 2 N–H and O–H groups in total. The molecule has 0 aliphatic rings. The van der Waals surface area contributed by atoms with Gasteiger partial charge in [-0.15, -0.1) is 0 Å². The SMILES string of the molecule is O=[PH](O)O.[AlH2].[GeH4].[H-].[Li+]. The maximum absolute atomic E-state index is 8.74. The summed E-state index contributed by atoms with van der Waals surface area (Å²) < 4.78 is 8.74. The van der Waals surface area contributed by atoms with Gasteiger partial charge in [-0.25, -0.2) is 0 Å². The Bertz CT molecular complexity index is 42.3. The first-order chi connectivity index (χ1) is 1.73. The average molecular weight is 196 g/mol. The summed E-state index contributed by atoms with van der Waals surface area (Å²) in [6.45, 7) is 0. The van der Waals surface area contributed by atoms with Crippen LogP contribution in [0.2, 0.25) is 0 Å². The van der Waals surface area contributed by atoms with E-state index in [4.69, 9.17) is 14.4 Å². The Morgan fingerprint density at radius 2 is 1.43 bits per heavy atom. The van der Waals surface area contributed by atoms with Crippen molar-refractivity contribution in [1.82, 2.24) is 0 Å². The van der Waals surface area contributed by atoms with Crippen LogP contribution in [0.4, 0.5) is 0 Å². The zero-order valence-electron chi connectivity index (χ0n) is 4.80. The molecule has 0 rings (SSSR count). The number of hydrogen-bond acceptors (Lipinski definition) is 1. The van der Waals surface area contributed by atoms with Crippen molar-refractivity contribution in [3.05, 3.63) is 0 Å². The Labute approximate surface area is 77.6 Å². The van der Waals surface area contributed by atoms with Gasteiger partial charge in [0, 0.05) is 0 Å². The summed E-state index contributed by atoms with van der Waals surface area (Å²) in [7, 11) is -3.13. The maximum Gasteiger partial charge on any atom is 1.00 e. The van der Waals surface area contributed by atoms with E-state index in [1.807, 2.05) is 0 Å². The third kappa shape index (κ3) is 79.8. The van der Waals surface area contributed by atoms with Gasteiger partial charge < -0.3 is 11.2 Å². The molecule has 0 saturated carbocycles. The Morgan fingerprint density at radius 3 is 1.43 bits per heavy atom. The molecule has 0 atom stereocenters. The summed E-state index contributed by atoms with van der Waals surface area (Å²) in [4.78, 5) is 14.3. The fourth-order valence-corrected chi connectivity index (χ4v) is 0. The molecule has 41 valence electrons.